The van der Waals surface area contributed by atoms with Gasteiger partial charge in [-0.05, 0) is 12.8 Å². The predicted octanol–water partition coefficient (Wildman–Crippen LogP) is 4.42. The lowest BCUT2D eigenvalue weighted by molar-refractivity contribution is -0.136. The molecule has 6 nitrogen and oxygen atoms in total. The Morgan fingerprint density at radius 3 is 2.64 bits per heavy atom. The van der Waals surface area contributed by atoms with Gasteiger partial charge < -0.3 is 14.3 Å². The third-order valence-electron chi connectivity index (χ3n) is 5.63. The summed E-state index contributed by atoms with van der Waals surface area (Å²) in [6.07, 6.45) is 7.34. The summed E-state index contributed by atoms with van der Waals surface area (Å²) < 4.78 is 5.37. The molecule has 28 heavy (non-hydrogen) atoms. The van der Waals surface area contributed by atoms with Crippen molar-refractivity contribution in [3.05, 3.63) is 42.1 Å². The van der Waals surface area contributed by atoms with Crippen molar-refractivity contribution in [3.8, 4) is 11.3 Å². The van der Waals surface area contributed by atoms with Crippen LogP contribution in [0.4, 0.5) is 0 Å². The van der Waals surface area contributed by atoms with Crippen molar-refractivity contribution in [2.45, 2.75) is 51.6 Å². The van der Waals surface area contributed by atoms with Crippen LogP contribution in [0.1, 0.15) is 50.6 Å². The second-order valence-electron chi connectivity index (χ2n) is 7.64. The van der Waals surface area contributed by atoms with Gasteiger partial charge in [-0.1, -0.05) is 59.9 Å². The maximum absolute atomic E-state index is 12.6. The molecule has 4 rings (SSSR count). The molecule has 0 bridgehead atoms. The zero-order chi connectivity index (χ0) is 19.2. The number of likely N-dealkylation sites (tertiary alicyclic amines) is 1. The smallest absolute Gasteiger partial charge is 0.225 e. The van der Waals surface area contributed by atoms with Crippen LogP contribution < -0.4 is 0 Å². The summed E-state index contributed by atoms with van der Waals surface area (Å²) in [5.74, 6) is 1.31. The fourth-order valence-corrected chi connectivity index (χ4v) is 3.99. The lowest BCUT2D eigenvalue weighted by atomic mass is 9.88. The first kappa shape index (κ1) is 18.7. The molecule has 1 amide bonds. The van der Waals surface area contributed by atoms with E-state index in [1.54, 1.807) is 0 Å². The molecule has 0 spiro atoms. The van der Waals surface area contributed by atoms with Gasteiger partial charge in [-0.2, -0.15) is 0 Å². The fourth-order valence-electron chi connectivity index (χ4n) is 3.99. The van der Waals surface area contributed by atoms with E-state index >= 15 is 0 Å². The summed E-state index contributed by atoms with van der Waals surface area (Å²) in [7, 11) is 0. The number of aromatic nitrogens is 1. The van der Waals surface area contributed by atoms with Gasteiger partial charge in [-0.3, -0.25) is 4.79 Å². The maximum Gasteiger partial charge on any atom is 0.225 e. The van der Waals surface area contributed by atoms with Crippen LogP contribution in [0.2, 0.25) is 0 Å². The minimum Gasteiger partial charge on any atom is -0.389 e. The molecule has 1 aromatic heterocycles. The van der Waals surface area contributed by atoms with Crippen molar-refractivity contribution < 1.29 is 14.2 Å². The molecule has 0 radical (unpaired) electrons. The molecule has 6 heteroatoms. The number of hydrogen-bond donors (Lipinski definition) is 0. The Morgan fingerprint density at radius 1 is 1.14 bits per heavy atom. The molecule has 1 saturated carbocycles. The summed E-state index contributed by atoms with van der Waals surface area (Å²) in [6, 6.07) is 11.7. The van der Waals surface area contributed by atoms with Crippen LogP contribution >= 0.6 is 0 Å². The zero-order valence-electron chi connectivity index (χ0n) is 16.2. The van der Waals surface area contributed by atoms with Gasteiger partial charge >= 0.3 is 0 Å². The Kier molecular flexibility index (Phi) is 6.04. The van der Waals surface area contributed by atoms with Crippen LogP contribution in [0.25, 0.3) is 11.3 Å². The van der Waals surface area contributed by atoms with E-state index in [9.17, 15) is 4.79 Å². The van der Waals surface area contributed by atoms with Gasteiger partial charge in [0.2, 0.25) is 5.91 Å². The van der Waals surface area contributed by atoms with Gasteiger partial charge in [0, 0.05) is 43.5 Å². The number of carbonyl (C=O) groups excluding carboxylic acids is 1. The zero-order valence-corrected chi connectivity index (χ0v) is 16.2. The quantitative estimate of drug-likeness (QED) is 0.719. The Balaban J connectivity index is 1.23. The molecule has 2 aliphatic rings. The van der Waals surface area contributed by atoms with Gasteiger partial charge in [0.15, 0.2) is 12.4 Å². The lowest BCUT2D eigenvalue weighted by Crippen LogP contribution is -2.42. The Bertz CT molecular complexity index is 799. The molecule has 0 N–H and O–H groups in total. The van der Waals surface area contributed by atoms with Crippen LogP contribution in [-0.4, -0.2) is 34.8 Å². The minimum absolute atomic E-state index is 0.245. The summed E-state index contributed by atoms with van der Waals surface area (Å²) in [4.78, 5) is 20.1. The van der Waals surface area contributed by atoms with Crippen molar-refractivity contribution in [2.75, 3.05) is 13.1 Å². The first-order valence-electron chi connectivity index (χ1n) is 10.3. The number of nitrogens with zero attached hydrogens (tertiary/aromatic N) is 3. The van der Waals surface area contributed by atoms with Crippen molar-refractivity contribution in [3.63, 3.8) is 0 Å². The van der Waals surface area contributed by atoms with Gasteiger partial charge in [0.1, 0.15) is 5.69 Å². The van der Waals surface area contributed by atoms with E-state index in [0.29, 0.717) is 11.6 Å². The number of amides is 1. The van der Waals surface area contributed by atoms with Gasteiger partial charge in [0.25, 0.3) is 0 Å². The Hall–Kier alpha value is -2.63. The van der Waals surface area contributed by atoms with Gasteiger partial charge in [-0.25, -0.2) is 0 Å². The van der Waals surface area contributed by atoms with E-state index in [1.807, 2.05) is 41.3 Å². The molecule has 2 heterocycles. The standard InChI is InChI=1S/C22H27N3O3/c26-22(18-9-5-2-6-10-18)25-13-11-19(12-14-25)23-27-16-20-15-21(28-24-20)17-7-3-1-4-8-17/h1,3-4,7-8,15,18H,2,5-6,9-14,16H2. The van der Waals surface area contributed by atoms with Crippen LogP contribution in [0.3, 0.4) is 0 Å². The minimum atomic E-state index is 0.245. The number of piperidine rings is 1. The van der Waals surface area contributed by atoms with Crippen LogP contribution in [0.5, 0.6) is 0 Å². The monoisotopic (exact) mass is 381 g/mol. The van der Waals surface area contributed by atoms with Crippen molar-refractivity contribution >= 4 is 11.6 Å². The molecule has 1 saturated heterocycles. The molecule has 148 valence electrons. The first-order valence-corrected chi connectivity index (χ1v) is 10.3. The lowest BCUT2D eigenvalue weighted by Gasteiger charge is -2.32. The van der Waals surface area contributed by atoms with Crippen LogP contribution in [-0.2, 0) is 16.2 Å². The molecule has 1 aliphatic heterocycles. The normalized spacial score (nSPS) is 18.1. The second-order valence-corrected chi connectivity index (χ2v) is 7.64. The van der Waals surface area contributed by atoms with Crippen molar-refractivity contribution in [1.82, 2.24) is 10.1 Å². The number of rotatable bonds is 5. The highest BCUT2D eigenvalue weighted by Crippen LogP contribution is 2.26. The largest absolute Gasteiger partial charge is 0.389 e. The number of oxime groups is 1. The van der Waals surface area contributed by atoms with E-state index in [0.717, 1.165) is 55.8 Å². The van der Waals surface area contributed by atoms with E-state index in [2.05, 4.69) is 10.3 Å². The van der Waals surface area contributed by atoms with Crippen molar-refractivity contribution in [2.24, 2.45) is 11.1 Å². The summed E-state index contributed by atoms with van der Waals surface area (Å²) >= 11 is 0. The molecule has 2 fully saturated rings. The average Bonchev–Trinajstić information content (AvgIpc) is 3.24. The molecule has 2 aromatic rings. The van der Waals surface area contributed by atoms with Crippen LogP contribution in [0.15, 0.2) is 46.1 Å². The highest BCUT2D eigenvalue weighted by atomic mass is 16.6. The summed E-state index contributed by atoms with van der Waals surface area (Å²) in [6.45, 7) is 1.78. The third kappa shape index (κ3) is 4.61. The Labute approximate surface area is 165 Å². The first-order chi connectivity index (χ1) is 13.8. The topological polar surface area (TPSA) is 67.9 Å². The van der Waals surface area contributed by atoms with E-state index < -0.39 is 0 Å². The highest BCUT2D eigenvalue weighted by Gasteiger charge is 2.28. The second kappa shape index (κ2) is 9.04. The number of benzene rings is 1. The number of hydrogen-bond acceptors (Lipinski definition) is 5. The van der Waals surface area contributed by atoms with Gasteiger partial charge in [0.05, 0.1) is 5.71 Å². The number of carbonyl (C=O) groups is 1. The van der Waals surface area contributed by atoms with E-state index in [1.165, 1.54) is 19.3 Å². The van der Waals surface area contributed by atoms with Crippen molar-refractivity contribution in [1.29, 1.82) is 0 Å². The third-order valence-corrected chi connectivity index (χ3v) is 5.63. The summed E-state index contributed by atoms with van der Waals surface area (Å²) in [5.41, 5.74) is 2.72. The van der Waals surface area contributed by atoms with Gasteiger partial charge in [-0.15, -0.1) is 0 Å². The molecular formula is C22H27N3O3. The molecule has 1 aromatic carbocycles. The predicted molar refractivity (Wildman–Crippen MR) is 107 cm³/mol. The SMILES string of the molecule is O=C(C1CCCCC1)N1CCC(=NOCc2cc(-c3ccccc3)on2)CC1. The molecule has 1 aliphatic carbocycles. The Morgan fingerprint density at radius 2 is 1.89 bits per heavy atom. The van der Waals surface area contributed by atoms with E-state index in [-0.39, 0.29) is 12.5 Å². The molecular weight excluding hydrogens is 354 g/mol. The average molecular weight is 381 g/mol. The van der Waals surface area contributed by atoms with E-state index in [4.69, 9.17) is 9.36 Å². The highest BCUT2D eigenvalue weighted by molar-refractivity contribution is 5.87. The van der Waals surface area contributed by atoms with Crippen LogP contribution in [0, 0.1) is 5.92 Å². The molecule has 0 unspecified atom stereocenters. The maximum atomic E-state index is 12.6. The molecule has 0 atom stereocenters. The summed E-state index contributed by atoms with van der Waals surface area (Å²) in [5, 5.41) is 8.30. The fraction of sp³-hybridized carbons (Fsp3) is 0.500.